The van der Waals surface area contributed by atoms with E-state index in [1.54, 1.807) is 24.3 Å². The fraction of sp³-hybridized carbons (Fsp3) is 0.312. The molecular weight excluding hydrogens is 271 g/mol. The lowest BCUT2D eigenvalue weighted by Gasteiger charge is -2.18. The van der Waals surface area contributed by atoms with Crippen LogP contribution in [0.5, 0.6) is 0 Å². The Balaban J connectivity index is 1.51. The van der Waals surface area contributed by atoms with Gasteiger partial charge in [-0.15, -0.1) is 0 Å². The minimum absolute atomic E-state index is 0.180. The van der Waals surface area contributed by atoms with Crippen molar-refractivity contribution in [1.82, 2.24) is 5.32 Å². The highest BCUT2D eigenvalue weighted by atomic mass is 19.1. The number of hydrogen-bond donors (Lipinski definition) is 1. The Morgan fingerprint density at radius 1 is 1.33 bits per heavy atom. The average molecular weight is 288 g/mol. The molecule has 1 fully saturated rings. The summed E-state index contributed by atoms with van der Waals surface area (Å²) in [4.78, 5) is 14.0. The van der Waals surface area contributed by atoms with Crippen molar-refractivity contribution in [1.29, 1.82) is 0 Å². The predicted octanol–water partition coefficient (Wildman–Crippen LogP) is 2.68. The summed E-state index contributed by atoms with van der Waals surface area (Å²) in [5.41, 5.74) is 1.02. The highest BCUT2D eigenvalue weighted by Gasteiger charge is 2.23. The van der Waals surface area contributed by atoms with Crippen LogP contribution in [0.15, 0.2) is 47.1 Å². The van der Waals surface area contributed by atoms with Crippen LogP contribution in [0, 0.1) is 11.7 Å². The number of rotatable bonds is 4. The predicted molar refractivity (Wildman–Crippen MR) is 77.8 cm³/mol. The van der Waals surface area contributed by atoms with Crippen LogP contribution in [0.1, 0.15) is 17.0 Å². The quantitative estimate of drug-likeness (QED) is 0.941. The molecule has 0 radical (unpaired) electrons. The first-order valence-electron chi connectivity index (χ1n) is 7.04. The van der Waals surface area contributed by atoms with Gasteiger partial charge in [0.25, 0.3) is 5.91 Å². The molecule has 1 amide bonds. The summed E-state index contributed by atoms with van der Waals surface area (Å²) in [6.07, 6.45) is 2.50. The van der Waals surface area contributed by atoms with Gasteiger partial charge in [-0.3, -0.25) is 4.79 Å². The Bertz CT molecular complexity index is 595. The molecule has 21 heavy (non-hydrogen) atoms. The number of benzene rings is 1. The van der Waals surface area contributed by atoms with Gasteiger partial charge in [0, 0.05) is 25.3 Å². The van der Waals surface area contributed by atoms with Gasteiger partial charge in [-0.1, -0.05) is 0 Å². The second-order valence-electron chi connectivity index (χ2n) is 5.26. The molecule has 1 aliphatic heterocycles. The van der Waals surface area contributed by atoms with Gasteiger partial charge >= 0.3 is 0 Å². The van der Waals surface area contributed by atoms with Gasteiger partial charge in [0.2, 0.25) is 0 Å². The van der Waals surface area contributed by atoms with Gasteiger partial charge in [0.15, 0.2) is 5.76 Å². The topological polar surface area (TPSA) is 45.5 Å². The highest BCUT2D eigenvalue weighted by molar-refractivity contribution is 5.91. The minimum atomic E-state index is -0.222. The maximum Gasteiger partial charge on any atom is 0.286 e. The van der Waals surface area contributed by atoms with Gasteiger partial charge in [0.05, 0.1) is 6.26 Å². The third-order valence-corrected chi connectivity index (χ3v) is 3.77. The number of nitrogens with zero attached hydrogens (tertiary/aromatic N) is 1. The second-order valence-corrected chi connectivity index (χ2v) is 5.26. The summed E-state index contributed by atoms with van der Waals surface area (Å²) in [5.74, 6) is 0.331. The van der Waals surface area contributed by atoms with E-state index in [-0.39, 0.29) is 11.7 Å². The zero-order valence-electron chi connectivity index (χ0n) is 11.6. The van der Waals surface area contributed by atoms with E-state index >= 15 is 0 Å². The molecule has 1 atom stereocenters. The number of halogens is 1. The van der Waals surface area contributed by atoms with Crippen molar-refractivity contribution in [3.05, 3.63) is 54.2 Å². The summed E-state index contributed by atoms with van der Waals surface area (Å²) in [6, 6.07) is 9.87. The van der Waals surface area contributed by atoms with Crippen LogP contribution in [-0.4, -0.2) is 25.5 Å². The van der Waals surface area contributed by atoms with Gasteiger partial charge in [-0.2, -0.15) is 0 Å². The van der Waals surface area contributed by atoms with Crippen LogP contribution in [-0.2, 0) is 0 Å². The lowest BCUT2D eigenvalue weighted by Crippen LogP contribution is -2.30. The van der Waals surface area contributed by atoms with E-state index in [0.29, 0.717) is 18.2 Å². The van der Waals surface area contributed by atoms with Gasteiger partial charge in [-0.25, -0.2) is 4.39 Å². The largest absolute Gasteiger partial charge is 0.459 e. The van der Waals surface area contributed by atoms with Crippen LogP contribution < -0.4 is 10.2 Å². The number of amides is 1. The zero-order valence-corrected chi connectivity index (χ0v) is 11.6. The lowest BCUT2D eigenvalue weighted by molar-refractivity contribution is 0.0920. The number of nitrogens with one attached hydrogen (secondary N) is 1. The van der Waals surface area contributed by atoms with Crippen LogP contribution >= 0.6 is 0 Å². The third-order valence-electron chi connectivity index (χ3n) is 3.77. The van der Waals surface area contributed by atoms with Crippen molar-refractivity contribution in [3.63, 3.8) is 0 Å². The maximum atomic E-state index is 12.9. The summed E-state index contributed by atoms with van der Waals surface area (Å²) in [6.45, 7) is 2.41. The number of carbonyl (C=O) groups excluding carboxylic acids is 1. The average Bonchev–Trinajstić information content (AvgIpc) is 3.17. The molecule has 2 heterocycles. The molecule has 0 spiro atoms. The van der Waals surface area contributed by atoms with Crippen molar-refractivity contribution in [3.8, 4) is 0 Å². The number of furan rings is 1. The first-order valence-corrected chi connectivity index (χ1v) is 7.04. The van der Waals surface area contributed by atoms with Crippen molar-refractivity contribution in [2.24, 2.45) is 5.92 Å². The molecule has 0 saturated carbocycles. The molecule has 1 unspecified atom stereocenters. The summed E-state index contributed by atoms with van der Waals surface area (Å²) >= 11 is 0. The molecule has 4 nitrogen and oxygen atoms in total. The summed E-state index contributed by atoms with van der Waals surface area (Å²) in [7, 11) is 0. The Kier molecular flexibility index (Phi) is 3.90. The Morgan fingerprint density at radius 3 is 2.86 bits per heavy atom. The van der Waals surface area contributed by atoms with Crippen molar-refractivity contribution in [2.45, 2.75) is 6.42 Å². The van der Waals surface area contributed by atoms with Crippen LogP contribution in [0.3, 0.4) is 0 Å². The molecule has 3 rings (SSSR count). The number of anilines is 1. The van der Waals surface area contributed by atoms with E-state index in [1.165, 1.54) is 18.4 Å². The van der Waals surface area contributed by atoms with Crippen molar-refractivity contribution in [2.75, 3.05) is 24.5 Å². The van der Waals surface area contributed by atoms with Crippen LogP contribution in [0.2, 0.25) is 0 Å². The van der Waals surface area contributed by atoms with E-state index in [0.717, 1.165) is 25.2 Å². The van der Waals surface area contributed by atoms with E-state index in [4.69, 9.17) is 4.42 Å². The first kappa shape index (κ1) is 13.7. The van der Waals surface area contributed by atoms with Crippen LogP contribution in [0.25, 0.3) is 0 Å². The number of hydrogen-bond acceptors (Lipinski definition) is 3. The Hall–Kier alpha value is -2.30. The van der Waals surface area contributed by atoms with Crippen molar-refractivity contribution < 1.29 is 13.6 Å². The fourth-order valence-electron chi connectivity index (χ4n) is 2.62. The standard InChI is InChI=1S/C16H17FN2O2/c17-13-3-5-14(6-4-13)19-8-7-12(11-19)10-18-16(20)15-2-1-9-21-15/h1-6,9,12H,7-8,10-11H2,(H,18,20). The minimum Gasteiger partial charge on any atom is -0.459 e. The monoisotopic (exact) mass is 288 g/mol. The molecule has 0 bridgehead atoms. The highest BCUT2D eigenvalue weighted by Crippen LogP contribution is 2.23. The van der Waals surface area contributed by atoms with Crippen molar-refractivity contribution >= 4 is 11.6 Å². The molecular formula is C16H17FN2O2. The first-order chi connectivity index (χ1) is 10.2. The van der Waals surface area contributed by atoms with Gasteiger partial charge in [0.1, 0.15) is 5.82 Å². The normalized spacial score (nSPS) is 18.0. The second kappa shape index (κ2) is 5.99. The van der Waals surface area contributed by atoms with E-state index in [2.05, 4.69) is 10.2 Å². The molecule has 1 N–H and O–H groups in total. The summed E-state index contributed by atoms with van der Waals surface area (Å²) in [5, 5.41) is 2.89. The van der Waals surface area contributed by atoms with Gasteiger partial charge < -0.3 is 14.6 Å². The van der Waals surface area contributed by atoms with E-state index in [9.17, 15) is 9.18 Å². The molecule has 1 aromatic carbocycles. The SMILES string of the molecule is O=C(NCC1CCN(c2ccc(F)cc2)C1)c1ccco1. The zero-order chi connectivity index (χ0) is 14.7. The third kappa shape index (κ3) is 3.24. The molecule has 1 aromatic heterocycles. The Labute approximate surface area is 122 Å². The van der Waals surface area contributed by atoms with Gasteiger partial charge in [-0.05, 0) is 48.7 Å². The smallest absolute Gasteiger partial charge is 0.286 e. The molecule has 1 saturated heterocycles. The molecule has 5 heteroatoms. The molecule has 0 aliphatic carbocycles. The van der Waals surface area contributed by atoms with E-state index in [1.807, 2.05) is 0 Å². The van der Waals surface area contributed by atoms with E-state index < -0.39 is 0 Å². The lowest BCUT2D eigenvalue weighted by atomic mass is 10.1. The molecule has 2 aromatic rings. The maximum absolute atomic E-state index is 12.9. The van der Waals surface area contributed by atoms with Crippen LogP contribution in [0.4, 0.5) is 10.1 Å². The Morgan fingerprint density at radius 2 is 2.14 bits per heavy atom. The molecule has 1 aliphatic rings. The number of carbonyl (C=O) groups is 1. The fourth-order valence-corrected chi connectivity index (χ4v) is 2.62. The molecule has 110 valence electrons. The summed E-state index contributed by atoms with van der Waals surface area (Å²) < 4.78 is 18.0.